The molecule has 1 saturated carbocycles. The highest BCUT2D eigenvalue weighted by Crippen LogP contribution is 2.37. The summed E-state index contributed by atoms with van der Waals surface area (Å²) in [6.07, 6.45) is -4.17. The van der Waals surface area contributed by atoms with Crippen molar-refractivity contribution < 1.29 is 27.9 Å². The van der Waals surface area contributed by atoms with Crippen molar-refractivity contribution in [3.63, 3.8) is 0 Å². The Balaban J connectivity index is 1.76. The van der Waals surface area contributed by atoms with E-state index in [9.17, 15) is 23.1 Å². The molecule has 3 atom stereocenters. The van der Waals surface area contributed by atoms with Crippen molar-refractivity contribution in [3.05, 3.63) is 30.0 Å². The number of thiazole rings is 1. The van der Waals surface area contributed by atoms with Crippen LogP contribution in [0.5, 0.6) is 0 Å². The second-order valence-electron chi connectivity index (χ2n) is 7.88. The fourth-order valence-corrected chi connectivity index (χ4v) is 5.00. The van der Waals surface area contributed by atoms with Crippen molar-refractivity contribution in [1.82, 2.24) is 20.4 Å². The van der Waals surface area contributed by atoms with Gasteiger partial charge >= 0.3 is 6.18 Å². The number of aliphatic hydroxyl groups excluding tert-OH is 1. The molecule has 1 aliphatic rings. The number of aromatic nitrogens is 3. The highest BCUT2D eigenvalue weighted by atomic mass is 32.1. The summed E-state index contributed by atoms with van der Waals surface area (Å²) < 4.78 is 39.2. The molecule has 1 fully saturated rings. The first kappa shape index (κ1) is 24.3. The molecular weight excluding hydrogens is 473 g/mol. The Morgan fingerprint density at radius 3 is 2.68 bits per heavy atom. The molecule has 0 bridgehead atoms. The van der Waals surface area contributed by atoms with E-state index >= 15 is 0 Å². The fraction of sp³-hybridized carbons (Fsp3) is 0.429. The maximum absolute atomic E-state index is 12.8. The molecule has 1 aliphatic carbocycles. The predicted octanol–water partition coefficient (Wildman–Crippen LogP) is 2.92. The number of hydrogen-bond donors (Lipinski definition) is 4. The van der Waals surface area contributed by atoms with E-state index in [4.69, 9.17) is 4.84 Å². The Labute approximate surface area is 196 Å². The molecule has 4 rings (SSSR count). The van der Waals surface area contributed by atoms with E-state index in [1.807, 2.05) is 24.3 Å². The van der Waals surface area contributed by atoms with Crippen molar-refractivity contribution >= 4 is 39.1 Å². The molecular formula is C21H23F3N6O3S. The number of carbonyl (C=O) groups is 1. The summed E-state index contributed by atoms with van der Waals surface area (Å²) in [5.74, 6) is -0.816. The van der Waals surface area contributed by atoms with Crippen LogP contribution < -0.4 is 16.1 Å². The van der Waals surface area contributed by atoms with Crippen LogP contribution in [0.15, 0.2) is 24.3 Å². The average Bonchev–Trinajstić information content (AvgIpc) is 3.33. The van der Waals surface area contributed by atoms with Crippen LogP contribution in [0, 0.1) is 12.8 Å². The van der Waals surface area contributed by atoms with Gasteiger partial charge in [-0.05, 0) is 25.5 Å². The van der Waals surface area contributed by atoms with Gasteiger partial charge in [-0.15, -0.1) is 11.3 Å². The number of Topliss-reactive ketones (excluding diaryl/α,β-unsaturated/α-hetero) is 1. The second-order valence-corrected chi connectivity index (χ2v) is 8.91. The number of anilines is 2. The summed E-state index contributed by atoms with van der Waals surface area (Å²) in [6, 6.07) is 6.20. The Morgan fingerprint density at radius 2 is 2.00 bits per heavy atom. The third-order valence-electron chi connectivity index (χ3n) is 5.48. The molecule has 2 aromatic heterocycles. The van der Waals surface area contributed by atoms with Crippen LogP contribution in [0.4, 0.5) is 24.9 Å². The topological polar surface area (TPSA) is 121 Å². The first-order valence-electron chi connectivity index (χ1n) is 10.4. The number of fused-ring (bicyclic) bond motifs is 1. The molecule has 34 heavy (non-hydrogen) atoms. The molecule has 4 N–H and O–H groups in total. The first-order chi connectivity index (χ1) is 16.2. The minimum atomic E-state index is -4.45. The number of alkyl halides is 3. The van der Waals surface area contributed by atoms with Crippen LogP contribution >= 0.6 is 11.3 Å². The van der Waals surface area contributed by atoms with Gasteiger partial charge in [0.05, 0.1) is 41.2 Å². The largest absolute Gasteiger partial charge is 0.405 e. The number of nitrogens with one attached hydrogen (secondary N) is 3. The molecule has 2 heterocycles. The molecule has 0 spiro atoms. The number of carbonyl (C=O) groups excluding carboxylic acids is 1. The molecule has 3 aromatic rings. The van der Waals surface area contributed by atoms with E-state index in [0.717, 1.165) is 10.2 Å². The summed E-state index contributed by atoms with van der Waals surface area (Å²) in [6.45, 7) is 0.0355. The second kappa shape index (κ2) is 9.78. The highest BCUT2D eigenvalue weighted by molar-refractivity contribution is 7.21. The number of para-hydroxylation sites is 1. The molecule has 0 aliphatic heterocycles. The number of ketones is 1. The lowest BCUT2D eigenvalue weighted by molar-refractivity contribution is -0.126. The molecule has 182 valence electrons. The summed E-state index contributed by atoms with van der Waals surface area (Å²) >= 11 is 1.40. The third-order valence-corrected chi connectivity index (χ3v) is 6.54. The first-order valence-corrected chi connectivity index (χ1v) is 11.3. The molecule has 0 radical (unpaired) electrons. The Kier molecular flexibility index (Phi) is 6.98. The Bertz CT molecular complexity index is 1160. The van der Waals surface area contributed by atoms with Crippen molar-refractivity contribution in [3.8, 4) is 10.6 Å². The van der Waals surface area contributed by atoms with E-state index in [-0.39, 0.29) is 30.6 Å². The van der Waals surface area contributed by atoms with E-state index in [1.54, 1.807) is 6.92 Å². The van der Waals surface area contributed by atoms with Gasteiger partial charge in [-0.3, -0.25) is 4.79 Å². The van der Waals surface area contributed by atoms with E-state index in [1.165, 1.54) is 18.4 Å². The standard InChI is InChI=1S/C21H23F3N6O3S/c1-10-15(19-28-12-5-3-4-6-14(12)34-19)18(29-20(26-10)25-9-21(22,23)24)27-13-7-11(8-31)17(32)16(13)30-33-2/h3-6,11,13,16,30-31H,7-9H2,1-2H3,(H2,25,26,27,29)/t11-,13-,16?/m1/s1. The van der Waals surface area contributed by atoms with Crippen LogP contribution in [-0.2, 0) is 9.63 Å². The molecule has 0 amide bonds. The maximum Gasteiger partial charge on any atom is 0.405 e. The number of benzene rings is 1. The predicted molar refractivity (Wildman–Crippen MR) is 121 cm³/mol. The molecule has 1 aromatic carbocycles. The van der Waals surface area contributed by atoms with Gasteiger partial charge in [0.15, 0.2) is 5.78 Å². The van der Waals surface area contributed by atoms with Crippen LogP contribution in [0.3, 0.4) is 0 Å². The van der Waals surface area contributed by atoms with E-state index in [2.05, 4.69) is 31.1 Å². The van der Waals surface area contributed by atoms with Gasteiger partial charge in [0.2, 0.25) is 5.95 Å². The maximum atomic E-state index is 12.8. The summed E-state index contributed by atoms with van der Waals surface area (Å²) in [7, 11) is 1.37. The average molecular weight is 497 g/mol. The van der Waals surface area contributed by atoms with Crippen molar-refractivity contribution in [2.75, 3.05) is 30.9 Å². The fourth-order valence-electron chi connectivity index (χ4n) is 3.93. The summed E-state index contributed by atoms with van der Waals surface area (Å²) in [4.78, 5) is 30.8. The lowest BCUT2D eigenvalue weighted by atomic mass is 10.1. The van der Waals surface area contributed by atoms with Gasteiger partial charge in [0.25, 0.3) is 0 Å². The van der Waals surface area contributed by atoms with Crippen LogP contribution in [0.25, 0.3) is 20.8 Å². The van der Waals surface area contributed by atoms with Crippen LogP contribution in [-0.4, -0.2) is 64.4 Å². The number of aliphatic hydroxyl groups is 1. The van der Waals surface area contributed by atoms with Gasteiger partial charge in [0, 0.05) is 5.92 Å². The van der Waals surface area contributed by atoms with E-state index in [0.29, 0.717) is 16.3 Å². The highest BCUT2D eigenvalue weighted by Gasteiger charge is 2.42. The molecule has 9 nitrogen and oxygen atoms in total. The quantitative estimate of drug-likeness (QED) is 0.349. The smallest absolute Gasteiger partial charge is 0.396 e. The van der Waals surface area contributed by atoms with Gasteiger partial charge in [-0.2, -0.15) is 23.6 Å². The molecule has 1 unspecified atom stereocenters. The monoisotopic (exact) mass is 496 g/mol. The minimum absolute atomic E-state index is 0.207. The van der Waals surface area contributed by atoms with E-state index < -0.39 is 30.7 Å². The SMILES string of the molecule is CONC1C(=O)[C@@H](CO)C[C@H]1Nc1nc(NCC(F)(F)F)nc(C)c1-c1nc2ccccc2s1. The Hall–Kier alpha value is -2.87. The van der Waals surface area contributed by atoms with Crippen molar-refractivity contribution in [1.29, 1.82) is 0 Å². The van der Waals surface area contributed by atoms with Gasteiger partial charge < -0.3 is 20.6 Å². The number of rotatable bonds is 8. The van der Waals surface area contributed by atoms with Crippen molar-refractivity contribution in [2.24, 2.45) is 5.92 Å². The lowest BCUT2D eigenvalue weighted by Gasteiger charge is -2.22. The number of nitrogens with zero attached hydrogens (tertiary/aromatic N) is 3. The van der Waals surface area contributed by atoms with Gasteiger partial charge in [-0.1, -0.05) is 12.1 Å². The third kappa shape index (κ3) is 5.12. The van der Waals surface area contributed by atoms with Crippen LogP contribution in [0.2, 0.25) is 0 Å². The number of halogens is 3. The number of aryl methyl sites for hydroxylation is 1. The normalized spacial score (nSPS) is 20.8. The summed E-state index contributed by atoms with van der Waals surface area (Å²) in [5.41, 5.74) is 4.35. The van der Waals surface area contributed by atoms with Gasteiger partial charge in [0.1, 0.15) is 23.4 Å². The minimum Gasteiger partial charge on any atom is -0.396 e. The van der Waals surface area contributed by atoms with Crippen LogP contribution in [0.1, 0.15) is 12.1 Å². The zero-order valence-electron chi connectivity index (χ0n) is 18.3. The molecule has 13 heteroatoms. The summed E-state index contributed by atoms with van der Waals surface area (Å²) in [5, 5.41) is 15.6. The van der Waals surface area contributed by atoms with Crippen molar-refractivity contribution in [2.45, 2.75) is 31.6 Å². The number of hydroxylamine groups is 1. The van der Waals surface area contributed by atoms with Gasteiger partial charge in [-0.25, -0.2) is 9.97 Å². The zero-order valence-corrected chi connectivity index (χ0v) is 19.1. The lowest BCUT2D eigenvalue weighted by Crippen LogP contribution is -2.44. The molecule has 0 saturated heterocycles. The number of hydrogen-bond acceptors (Lipinski definition) is 10. The Morgan fingerprint density at radius 1 is 1.24 bits per heavy atom. The zero-order chi connectivity index (χ0) is 24.5.